The SMILES string of the molecule is Cc1nc(CCCOc2cccc(Cl)c2)sc1CC(=O)O. The number of benzene rings is 1. The number of hydrogen-bond donors (Lipinski definition) is 1. The number of aliphatic carboxylic acids is 1. The second-order valence-electron chi connectivity index (χ2n) is 4.60. The van der Waals surface area contributed by atoms with Crippen LogP contribution in [0.1, 0.15) is 22.0 Å². The van der Waals surface area contributed by atoms with Crippen molar-refractivity contribution in [1.29, 1.82) is 0 Å². The summed E-state index contributed by atoms with van der Waals surface area (Å²) in [6.07, 6.45) is 1.65. The predicted molar refractivity (Wildman–Crippen MR) is 83.5 cm³/mol. The van der Waals surface area contributed by atoms with Crippen molar-refractivity contribution in [3.05, 3.63) is 44.9 Å². The maximum Gasteiger partial charge on any atom is 0.308 e. The molecule has 1 aromatic heterocycles. The van der Waals surface area contributed by atoms with Gasteiger partial charge in [0.05, 0.1) is 23.7 Å². The van der Waals surface area contributed by atoms with E-state index in [-0.39, 0.29) is 6.42 Å². The highest BCUT2D eigenvalue weighted by atomic mass is 35.5. The molecule has 4 nitrogen and oxygen atoms in total. The lowest BCUT2D eigenvalue weighted by Crippen LogP contribution is -1.99. The Kier molecular flexibility index (Phi) is 5.59. The van der Waals surface area contributed by atoms with E-state index in [1.807, 2.05) is 19.1 Å². The summed E-state index contributed by atoms with van der Waals surface area (Å²) in [5.74, 6) is -0.0676. The van der Waals surface area contributed by atoms with E-state index in [2.05, 4.69) is 4.98 Å². The number of thiazole rings is 1. The average Bonchev–Trinajstić information content (AvgIpc) is 2.75. The van der Waals surface area contributed by atoms with Crippen LogP contribution in [0.3, 0.4) is 0 Å². The fraction of sp³-hybridized carbons (Fsp3) is 0.333. The lowest BCUT2D eigenvalue weighted by Gasteiger charge is -2.05. The summed E-state index contributed by atoms with van der Waals surface area (Å²) < 4.78 is 5.61. The van der Waals surface area contributed by atoms with E-state index in [0.717, 1.165) is 34.2 Å². The Bertz CT molecular complexity index is 627. The third-order valence-electron chi connectivity index (χ3n) is 2.85. The molecule has 0 bridgehead atoms. The van der Waals surface area contributed by atoms with E-state index >= 15 is 0 Å². The van der Waals surface area contributed by atoms with Gasteiger partial charge in [-0.05, 0) is 31.5 Å². The zero-order valence-corrected chi connectivity index (χ0v) is 13.2. The van der Waals surface area contributed by atoms with Crippen molar-refractivity contribution in [2.75, 3.05) is 6.61 Å². The molecule has 6 heteroatoms. The summed E-state index contributed by atoms with van der Waals surface area (Å²) >= 11 is 7.35. The lowest BCUT2D eigenvalue weighted by atomic mass is 10.3. The Balaban J connectivity index is 1.79. The van der Waals surface area contributed by atoms with E-state index in [4.69, 9.17) is 21.4 Å². The molecule has 0 amide bonds. The van der Waals surface area contributed by atoms with E-state index in [9.17, 15) is 4.79 Å². The minimum atomic E-state index is -0.822. The highest BCUT2D eigenvalue weighted by Crippen LogP contribution is 2.21. The van der Waals surface area contributed by atoms with Crippen LogP contribution in [-0.2, 0) is 17.6 Å². The number of nitrogens with zero attached hydrogens (tertiary/aromatic N) is 1. The molecule has 1 N–H and O–H groups in total. The summed E-state index contributed by atoms with van der Waals surface area (Å²) in [7, 11) is 0. The number of ether oxygens (including phenoxy) is 1. The van der Waals surface area contributed by atoms with Gasteiger partial charge in [-0.2, -0.15) is 0 Å². The third kappa shape index (κ3) is 5.02. The maximum absolute atomic E-state index is 10.7. The topological polar surface area (TPSA) is 59.4 Å². The molecule has 112 valence electrons. The van der Waals surface area contributed by atoms with Crippen LogP contribution in [0.15, 0.2) is 24.3 Å². The van der Waals surface area contributed by atoms with Crippen LogP contribution in [0.25, 0.3) is 0 Å². The van der Waals surface area contributed by atoms with E-state index < -0.39 is 5.97 Å². The number of rotatable bonds is 7. The van der Waals surface area contributed by atoms with Crippen LogP contribution >= 0.6 is 22.9 Å². The molecule has 1 heterocycles. The molecule has 0 unspecified atom stereocenters. The Hall–Kier alpha value is -1.59. The summed E-state index contributed by atoms with van der Waals surface area (Å²) in [4.78, 5) is 16.0. The number of carbonyl (C=O) groups is 1. The van der Waals surface area contributed by atoms with Crippen molar-refractivity contribution < 1.29 is 14.6 Å². The van der Waals surface area contributed by atoms with Gasteiger partial charge in [0.25, 0.3) is 0 Å². The number of halogens is 1. The van der Waals surface area contributed by atoms with Crippen LogP contribution in [0.5, 0.6) is 5.75 Å². The minimum absolute atomic E-state index is 0.0442. The first-order chi connectivity index (χ1) is 10.0. The molecule has 0 aliphatic carbocycles. The van der Waals surface area contributed by atoms with Crippen molar-refractivity contribution in [3.8, 4) is 5.75 Å². The maximum atomic E-state index is 10.7. The summed E-state index contributed by atoms with van der Waals surface area (Å²) in [5, 5.41) is 10.4. The van der Waals surface area contributed by atoms with Crippen molar-refractivity contribution in [3.63, 3.8) is 0 Å². The molecule has 0 radical (unpaired) electrons. The first kappa shape index (κ1) is 15.8. The van der Waals surface area contributed by atoms with Crippen molar-refractivity contribution >= 4 is 28.9 Å². The van der Waals surface area contributed by atoms with Crippen molar-refractivity contribution in [2.45, 2.75) is 26.2 Å². The molecule has 0 fully saturated rings. The fourth-order valence-corrected chi connectivity index (χ4v) is 3.15. The largest absolute Gasteiger partial charge is 0.494 e. The second kappa shape index (κ2) is 7.43. The molecule has 1 aromatic carbocycles. The molecule has 0 spiro atoms. The van der Waals surface area contributed by atoms with Gasteiger partial charge in [0.2, 0.25) is 0 Å². The second-order valence-corrected chi connectivity index (χ2v) is 6.20. The van der Waals surface area contributed by atoms with Gasteiger partial charge in [0, 0.05) is 16.3 Å². The zero-order chi connectivity index (χ0) is 15.2. The summed E-state index contributed by atoms with van der Waals surface area (Å²) in [5.41, 5.74) is 0.813. The van der Waals surface area contributed by atoms with E-state index in [1.54, 1.807) is 12.1 Å². The monoisotopic (exact) mass is 325 g/mol. The molecule has 0 saturated heterocycles. The van der Waals surface area contributed by atoms with Gasteiger partial charge in [-0.15, -0.1) is 11.3 Å². The highest BCUT2D eigenvalue weighted by molar-refractivity contribution is 7.11. The molecular formula is C15H16ClNO3S. The van der Waals surface area contributed by atoms with Gasteiger partial charge >= 0.3 is 5.97 Å². The van der Waals surface area contributed by atoms with Gasteiger partial charge in [-0.25, -0.2) is 4.98 Å². The van der Waals surface area contributed by atoms with Crippen LogP contribution in [0.2, 0.25) is 5.02 Å². The normalized spacial score (nSPS) is 10.6. The molecular weight excluding hydrogens is 310 g/mol. The molecule has 0 saturated carbocycles. The lowest BCUT2D eigenvalue weighted by molar-refractivity contribution is -0.136. The first-order valence-corrected chi connectivity index (χ1v) is 7.79. The molecule has 0 aliphatic rings. The van der Waals surface area contributed by atoms with Crippen LogP contribution < -0.4 is 4.74 Å². The van der Waals surface area contributed by atoms with E-state index in [1.165, 1.54) is 11.3 Å². The van der Waals surface area contributed by atoms with Crippen LogP contribution in [-0.4, -0.2) is 22.7 Å². The van der Waals surface area contributed by atoms with Gasteiger partial charge in [0.15, 0.2) is 0 Å². The third-order valence-corrected chi connectivity index (χ3v) is 4.30. The van der Waals surface area contributed by atoms with Crippen LogP contribution in [0, 0.1) is 6.92 Å². The number of aryl methyl sites for hydroxylation is 2. The van der Waals surface area contributed by atoms with Gasteiger partial charge < -0.3 is 9.84 Å². The number of hydrogen-bond acceptors (Lipinski definition) is 4. The Labute approximate surface area is 132 Å². The molecule has 2 rings (SSSR count). The van der Waals surface area contributed by atoms with Crippen molar-refractivity contribution in [2.24, 2.45) is 0 Å². The Morgan fingerprint density at radius 1 is 1.48 bits per heavy atom. The Morgan fingerprint density at radius 3 is 3.00 bits per heavy atom. The fourth-order valence-electron chi connectivity index (χ4n) is 1.87. The van der Waals surface area contributed by atoms with Gasteiger partial charge in [-0.3, -0.25) is 4.79 Å². The Morgan fingerprint density at radius 2 is 2.29 bits per heavy atom. The molecule has 2 aromatic rings. The number of carboxylic acids is 1. The number of aromatic nitrogens is 1. The predicted octanol–water partition coefficient (Wildman–Crippen LogP) is 3.74. The zero-order valence-electron chi connectivity index (χ0n) is 11.6. The van der Waals surface area contributed by atoms with E-state index in [0.29, 0.717) is 11.6 Å². The highest BCUT2D eigenvalue weighted by Gasteiger charge is 2.10. The standard InChI is InChI=1S/C15H16ClNO3S/c1-10-13(9-15(18)19)21-14(17-10)6-3-7-20-12-5-2-4-11(16)8-12/h2,4-5,8H,3,6-7,9H2,1H3,(H,18,19). The average molecular weight is 326 g/mol. The first-order valence-electron chi connectivity index (χ1n) is 6.60. The van der Waals surface area contributed by atoms with Gasteiger partial charge in [0.1, 0.15) is 5.75 Å². The molecule has 0 aliphatic heterocycles. The van der Waals surface area contributed by atoms with Crippen LogP contribution in [0.4, 0.5) is 0 Å². The smallest absolute Gasteiger partial charge is 0.308 e. The number of carboxylic acid groups (broad SMARTS) is 1. The quantitative estimate of drug-likeness (QED) is 0.788. The molecule has 0 atom stereocenters. The van der Waals surface area contributed by atoms with Crippen molar-refractivity contribution in [1.82, 2.24) is 4.98 Å². The summed E-state index contributed by atoms with van der Waals surface area (Å²) in [6.45, 7) is 2.42. The minimum Gasteiger partial charge on any atom is -0.494 e. The summed E-state index contributed by atoms with van der Waals surface area (Å²) in [6, 6.07) is 7.29. The molecule has 21 heavy (non-hydrogen) atoms. The van der Waals surface area contributed by atoms with Gasteiger partial charge in [-0.1, -0.05) is 17.7 Å².